The Balaban J connectivity index is 1.96. The van der Waals surface area contributed by atoms with Crippen molar-refractivity contribution in [3.05, 3.63) is 71.3 Å². The molecule has 0 aromatic heterocycles. The van der Waals surface area contributed by atoms with Crippen LogP contribution in [0.1, 0.15) is 22.0 Å². The van der Waals surface area contributed by atoms with Crippen LogP contribution in [0, 0.1) is 11.6 Å². The zero-order valence-corrected chi connectivity index (χ0v) is 12.1. The summed E-state index contributed by atoms with van der Waals surface area (Å²) in [5, 5.41) is 2.69. The number of hydrogen-bond acceptors (Lipinski definition) is 2. The van der Waals surface area contributed by atoms with Crippen LogP contribution in [0.15, 0.2) is 48.5 Å². The number of amides is 2. The van der Waals surface area contributed by atoms with Gasteiger partial charge in [-0.15, -0.1) is 0 Å². The van der Waals surface area contributed by atoms with E-state index >= 15 is 0 Å². The van der Waals surface area contributed by atoms with Crippen molar-refractivity contribution in [1.29, 1.82) is 0 Å². The quantitative estimate of drug-likeness (QED) is 0.924. The van der Waals surface area contributed by atoms with Crippen molar-refractivity contribution in [2.24, 2.45) is 0 Å². The standard InChI is InChI=1S/C17H14F2N2O2/c18-13-6-4-11(5-7-13)15-16(22)20-8-9-21(15)17(23)12-2-1-3-14(19)10-12/h1-7,10,15H,8-9H2,(H,20,22). The van der Waals surface area contributed by atoms with Crippen LogP contribution in [-0.2, 0) is 4.79 Å². The fourth-order valence-corrected chi connectivity index (χ4v) is 2.65. The topological polar surface area (TPSA) is 49.4 Å². The van der Waals surface area contributed by atoms with Crippen molar-refractivity contribution in [3.63, 3.8) is 0 Å². The highest BCUT2D eigenvalue weighted by Crippen LogP contribution is 2.25. The van der Waals surface area contributed by atoms with Gasteiger partial charge in [0.05, 0.1) is 0 Å². The number of carbonyl (C=O) groups excluding carboxylic acids is 2. The van der Waals surface area contributed by atoms with Gasteiger partial charge in [0, 0.05) is 18.7 Å². The minimum Gasteiger partial charge on any atom is -0.352 e. The Morgan fingerprint density at radius 2 is 1.83 bits per heavy atom. The highest BCUT2D eigenvalue weighted by molar-refractivity contribution is 5.98. The molecule has 2 aromatic carbocycles. The maximum absolute atomic E-state index is 13.3. The van der Waals surface area contributed by atoms with Gasteiger partial charge in [-0.25, -0.2) is 8.78 Å². The summed E-state index contributed by atoms with van der Waals surface area (Å²) in [4.78, 5) is 26.2. The van der Waals surface area contributed by atoms with Gasteiger partial charge in [-0.3, -0.25) is 9.59 Å². The van der Waals surface area contributed by atoms with Gasteiger partial charge in [-0.1, -0.05) is 18.2 Å². The molecule has 1 N–H and O–H groups in total. The smallest absolute Gasteiger partial charge is 0.254 e. The molecule has 0 aliphatic carbocycles. The third-order valence-corrected chi connectivity index (χ3v) is 3.73. The summed E-state index contributed by atoms with van der Waals surface area (Å²) in [5.41, 5.74) is 0.681. The first-order valence-corrected chi connectivity index (χ1v) is 7.16. The largest absolute Gasteiger partial charge is 0.352 e. The number of hydrogen-bond donors (Lipinski definition) is 1. The molecule has 0 radical (unpaired) electrons. The molecule has 4 nitrogen and oxygen atoms in total. The Kier molecular flexibility index (Phi) is 4.06. The van der Waals surface area contributed by atoms with Crippen LogP contribution in [-0.4, -0.2) is 29.8 Å². The summed E-state index contributed by atoms with van der Waals surface area (Å²) < 4.78 is 26.4. The normalized spacial score (nSPS) is 17.7. The lowest BCUT2D eigenvalue weighted by atomic mass is 10.0. The Hall–Kier alpha value is -2.76. The first-order chi connectivity index (χ1) is 11.1. The summed E-state index contributed by atoms with van der Waals surface area (Å²) in [7, 11) is 0. The van der Waals surface area contributed by atoms with Gasteiger partial charge in [0.15, 0.2) is 0 Å². The van der Waals surface area contributed by atoms with E-state index in [0.29, 0.717) is 18.7 Å². The number of benzene rings is 2. The van der Waals surface area contributed by atoms with E-state index < -0.39 is 23.6 Å². The number of halogens is 2. The molecule has 6 heteroatoms. The number of piperazine rings is 1. The molecule has 1 unspecified atom stereocenters. The SMILES string of the molecule is O=C1NCCN(C(=O)c2cccc(F)c2)C1c1ccc(F)cc1. The molecule has 1 fully saturated rings. The first kappa shape index (κ1) is 15.1. The molecule has 0 bridgehead atoms. The van der Waals surface area contributed by atoms with Crippen molar-refractivity contribution >= 4 is 11.8 Å². The maximum Gasteiger partial charge on any atom is 0.254 e. The molecule has 0 spiro atoms. The molecule has 1 saturated heterocycles. The number of rotatable bonds is 2. The van der Waals surface area contributed by atoms with E-state index in [-0.39, 0.29) is 11.5 Å². The van der Waals surface area contributed by atoms with Crippen LogP contribution in [0.5, 0.6) is 0 Å². The Labute approximate surface area is 131 Å². The predicted octanol–water partition coefficient (Wildman–Crippen LogP) is 2.28. The van der Waals surface area contributed by atoms with Crippen LogP contribution in [0.4, 0.5) is 8.78 Å². The Morgan fingerprint density at radius 3 is 2.52 bits per heavy atom. The van der Waals surface area contributed by atoms with E-state index in [2.05, 4.69) is 5.32 Å². The van der Waals surface area contributed by atoms with Crippen LogP contribution in [0.3, 0.4) is 0 Å². The lowest BCUT2D eigenvalue weighted by Gasteiger charge is -2.35. The van der Waals surface area contributed by atoms with Gasteiger partial charge in [0.1, 0.15) is 17.7 Å². The molecule has 23 heavy (non-hydrogen) atoms. The average Bonchev–Trinajstić information content (AvgIpc) is 2.55. The molecule has 2 aromatic rings. The van der Waals surface area contributed by atoms with E-state index in [9.17, 15) is 18.4 Å². The van der Waals surface area contributed by atoms with Gasteiger partial charge < -0.3 is 10.2 Å². The van der Waals surface area contributed by atoms with Gasteiger partial charge in [0.2, 0.25) is 5.91 Å². The zero-order chi connectivity index (χ0) is 16.4. The van der Waals surface area contributed by atoms with E-state index in [4.69, 9.17) is 0 Å². The van der Waals surface area contributed by atoms with E-state index in [1.165, 1.54) is 47.4 Å². The van der Waals surface area contributed by atoms with Crippen LogP contribution in [0.2, 0.25) is 0 Å². The molecule has 1 atom stereocenters. The highest BCUT2D eigenvalue weighted by Gasteiger charge is 2.34. The van der Waals surface area contributed by atoms with Crippen molar-refractivity contribution in [2.75, 3.05) is 13.1 Å². The lowest BCUT2D eigenvalue weighted by molar-refractivity contribution is -0.128. The van der Waals surface area contributed by atoms with Gasteiger partial charge >= 0.3 is 0 Å². The monoisotopic (exact) mass is 316 g/mol. The maximum atomic E-state index is 13.3. The highest BCUT2D eigenvalue weighted by atomic mass is 19.1. The second-order valence-electron chi connectivity index (χ2n) is 5.25. The third-order valence-electron chi connectivity index (χ3n) is 3.73. The number of carbonyl (C=O) groups is 2. The second-order valence-corrected chi connectivity index (χ2v) is 5.25. The van der Waals surface area contributed by atoms with Crippen molar-refractivity contribution in [3.8, 4) is 0 Å². The molecule has 1 heterocycles. The van der Waals surface area contributed by atoms with Crippen LogP contribution < -0.4 is 5.32 Å². The lowest BCUT2D eigenvalue weighted by Crippen LogP contribution is -2.52. The Bertz CT molecular complexity index is 747. The summed E-state index contributed by atoms with van der Waals surface area (Å²) in [6, 6.07) is 9.88. The molecule has 3 rings (SSSR count). The summed E-state index contributed by atoms with van der Waals surface area (Å²) in [5.74, 6) is -1.72. The molecule has 2 amide bonds. The molecule has 0 saturated carbocycles. The van der Waals surface area contributed by atoms with Crippen LogP contribution in [0.25, 0.3) is 0 Å². The van der Waals surface area contributed by atoms with Gasteiger partial charge in [0.25, 0.3) is 5.91 Å². The fourth-order valence-electron chi connectivity index (χ4n) is 2.65. The average molecular weight is 316 g/mol. The van der Waals surface area contributed by atoms with Crippen molar-refractivity contribution in [1.82, 2.24) is 10.2 Å². The third kappa shape index (κ3) is 3.06. The summed E-state index contributed by atoms with van der Waals surface area (Å²) in [6.45, 7) is 0.612. The van der Waals surface area contributed by atoms with Gasteiger partial charge in [-0.05, 0) is 35.9 Å². The minimum absolute atomic E-state index is 0.173. The molecule has 1 aliphatic rings. The Morgan fingerprint density at radius 1 is 1.09 bits per heavy atom. The summed E-state index contributed by atoms with van der Waals surface area (Å²) in [6.07, 6.45) is 0. The molecule has 1 aliphatic heterocycles. The van der Waals surface area contributed by atoms with Crippen molar-refractivity contribution in [2.45, 2.75) is 6.04 Å². The predicted molar refractivity (Wildman–Crippen MR) is 79.6 cm³/mol. The summed E-state index contributed by atoms with van der Waals surface area (Å²) >= 11 is 0. The van der Waals surface area contributed by atoms with E-state index in [1.807, 2.05) is 0 Å². The second kappa shape index (κ2) is 6.16. The fraction of sp³-hybridized carbons (Fsp3) is 0.176. The molecular formula is C17H14F2N2O2. The van der Waals surface area contributed by atoms with Crippen LogP contribution >= 0.6 is 0 Å². The number of nitrogens with one attached hydrogen (secondary N) is 1. The van der Waals surface area contributed by atoms with Gasteiger partial charge in [-0.2, -0.15) is 0 Å². The zero-order valence-electron chi connectivity index (χ0n) is 12.1. The minimum atomic E-state index is -0.861. The number of nitrogens with zero attached hydrogens (tertiary/aromatic N) is 1. The van der Waals surface area contributed by atoms with E-state index in [1.54, 1.807) is 0 Å². The molecular weight excluding hydrogens is 302 g/mol. The molecule has 118 valence electrons. The van der Waals surface area contributed by atoms with Crippen molar-refractivity contribution < 1.29 is 18.4 Å². The first-order valence-electron chi connectivity index (χ1n) is 7.16. The van der Waals surface area contributed by atoms with E-state index in [0.717, 1.165) is 6.07 Å².